The SMILES string of the molecule is O=c1n(Cc2cc3c(cc2Br)OCCO3)nnn1-c1ccccc1Cl. The molecule has 0 amide bonds. The first-order chi connectivity index (χ1) is 12.1. The average Bonchev–Trinajstić information content (AvgIpc) is 2.97. The summed E-state index contributed by atoms with van der Waals surface area (Å²) in [6.07, 6.45) is 0. The largest absolute Gasteiger partial charge is 0.486 e. The van der Waals surface area contributed by atoms with Gasteiger partial charge in [-0.15, -0.1) is 0 Å². The lowest BCUT2D eigenvalue weighted by Gasteiger charge is -2.19. The van der Waals surface area contributed by atoms with Gasteiger partial charge in [-0.05, 0) is 40.3 Å². The minimum Gasteiger partial charge on any atom is -0.486 e. The van der Waals surface area contributed by atoms with Gasteiger partial charge in [-0.1, -0.05) is 39.7 Å². The summed E-state index contributed by atoms with van der Waals surface area (Å²) in [6.45, 7) is 1.25. The summed E-state index contributed by atoms with van der Waals surface area (Å²) in [5.74, 6) is 1.32. The molecule has 2 heterocycles. The molecule has 0 bridgehead atoms. The van der Waals surface area contributed by atoms with Crippen molar-refractivity contribution in [3.8, 4) is 17.2 Å². The number of hydrogen-bond donors (Lipinski definition) is 0. The number of para-hydroxylation sites is 1. The van der Waals surface area contributed by atoms with Gasteiger partial charge in [0, 0.05) is 4.47 Å². The van der Waals surface area contributed by atoms with Gasteiger partial charge in [-0.25, -0.2) is 4.79 Å². The Kier molecular flexibility index (Phi) is 4.22. The number of benzene rings is 2. The van der Waals surface area contributed by atoms with E-state index in [2.05, 4.69) is 26.4 Å². The first-order valence-electron chi connectivity index (χ1n) is 7.49. The molecule has 0 fully saturated rings. The fourth-order valence-electron chi connectivity index (χ4n) is 2.54. The molecule has 25 heavy (non-hydrogen) atoms. The van der Waals surface area contributed by atoms with Crippen molar-refractivity contribution in [3.63, 3.8) is 0 Å². The molecule has 1 aliphatic heterocycles. The maximum absolute atomic E-state index is 12.6. The van der Waals surface area contributed by atoms with Crippen molar-refractivity contribution >= 4 is 27.5 Å². The molecule has 0 spiro atoms. The van der Waals surface area contributed by atoms with Crippen LogP contribution in [0.1, 0.15) is 5.56 Å². The Labute approximate surface area is 155 Å². The van der Waals surface area contributed by atoms with E-state index in [1.54, 1.807) is 24.3 Å². The molecular formula is C16H12BrClN4O3. The van der Waals surface area contributed by atoms with Crippen LogP contribution in [-0.2, 0) is 6.54 Å². The number of fused-ring (bicyclic) bond motifs is 1. The van der Waals surface area contributed by atoms with Crippen LogP contribution in [-0.4, -0.2) is 33.0 Å². The number of tetrazole rings is 1. The standard InChI is InChI=1S/C16H12BrClN4O3/c17-11-8-15-14(24-5-6-25-15)7-10(11)9-21-16(23)22(20-19-21)13-4-2-1-3-12(13)18/h1-4,7-8H,5-6,9H2. The van der Waals surface area contributed by atoms with E-state index in [1.165, 1.54) is 9.36 Å². The predicted molar refractivity (Wildman–Crippen MR) is 94.9 cm³/mol. The Balaban J connectivity index is 1.69. The normalized spacial score (nSPS) is 13.0. The highest BCUT2D eigenvalue weighted by Gasteiger charge is 2.17. The number of nitrogens with zero attached hydrogens (tertiary/aromatic N) is 4. The zero-order valence-corrected chi connectivity index (χ0v) is 15.2. The van der Waals surface area contributed by atoms with Gasteiger partial charge in [0.25, 0.3) is 0 Å². The number of ether oxygens (including phenoxy) is 2. The smallest absolute Gasteiger partial charge is 0.368 e. The molecule has 0 saturated carbocycles. The van der Waals surface area contributed by atoms with Crippen LogP contribution in [0.4, 0.5) is 0 Å². The first-order valence-corrected chi connectivity index (χ1v) is 8.66. The predicted octanol–water partition coefficient (Wildman–Crippen LogP) is 2.66. The van der Waals surface area contributed by atoms with Crippen LogP contribution in [0.2, 0.25) is 5.02 Å². The molecule has 9 heteroatoms. The van der Waals surface area contributed by atoms with E-state index in [1.807, 2.05) is 12.1 Å². The Morgan fingerprint density at radius 2 is 1.84 bits per heavy atom. The lowest BCUT2D eigenvalue weighted by molar-refractivity contribution is 0.171. The highest BCUT2D eigenvalue weighted by molar-refractivity contribution is 9.10. The Morgan fingerprint density at radius 3 is 2.60 bits per heavy atom. The second kappa shape index (κ2) is 6.53. The molecule has 0 radical (unpaired) electrons. The van der Waals surface area contributed by atoms with Gasteiger partial charge in [-0.2, -0.15) is 9.36 Å². The van der Waals surface area contributed by atoms with Crippen molar-refractivity contribution in [2.75, 3.05) is 13.2 Å². The highest BCUT2D eigenvalue weighted by Crippen LogP contribution is 2.35. The molecular weight excluding hydrogens is 412 g/mol. The molecule has 1 aromatic heterocycles. The third kappa shape index (κ3) is 3.03. The van der Waals surface area contributed by atoms with Crippen LogP contribution < -0.4 is 15.2 Å². The number of halogens is 2. The van der Waals surface area contributed by atoms with Gasteiger partial charge in [0.05, 0.1) is 17.3 Å². The average molecular weight is 424 g/mol. The molecule has 1 aliphatic rings. The first kappa shape index (κ1) is 16.2. The maximum Gasteiger partial charge on any atom is 0.368 e. The highest BCUT2D eigenvalue weighted by atomic mass is 79.9. The van der Waals surface area contributed by atoms with Gasteiger partial charge in [0.1, 0.15) is 13.2 Å². The van der Waals surface area contributed by atoms with E-state index >= 15 is 0 Å². The van der Waals surface area contributed by atoms with Gasteiger partial charge < -0.3 is 9.47 Å². The lowest BCUT2D eigenvalue weighted by Crippen LogP contribution is -2.25. The summed E-state index contributed by atoms with van der Waals surface area (Å²) in [5.41, 5.74) is 0.939. The minimum absolute atomic E-state index is 0.237. The van der Waals surface area contributed by atoms with Crippen molar-refractivity contribution in [2.45, 2.75) is 6.54 Å². The summed E-state index contributed by atoms with van der Waals surface area (Å²) in [7, 11) is 0. The second-order valence-electron chi connectivity index (χ2n) is 5.37. The second-order valence-corrected chi connectivity index (χ2v) is 6.63. The van der Waals surface area contributed by atoms with E-state index in [0.29, 0.717) is 35.4 Å². The molecule has 0 atom stereocenters. The Morgan fingerprint density at radius 1 is 1.12 bits per heavy atom. The molecule has 7 nitrogen and oxygen atoms in total. The Hall–Kier alpha value is -2.32. The quantitative estimate of drug-likeness (QED) is 0.648. The third-order valence-corrected chi connectivity index (χ3v) is 4.81. The van der Waals surface area contributed by atoms with Crippen LogP contribution in [0.25, 0.3) is 5.69 Å². The van der Waals surface area contributed by atoms with Crippen molar-refractivity contribution in [3.05, 3.63) is 61.9 Å². The molecule has 0 saturated heterocycles. The van der Waals surface area contributed by atoms with Crippen molar-refractivity contribution < 1.29 is 9.47 Å². The fraction of sp³-hybridized carbons (Fsp3) is 0.188. The summed E-state index contributed by atoms with van der Waals surface area (Å²) in [4.78, 5) is 12.6. The van der Waals surface area contributed by atoms with Gasteiger partial charge >= 0.3 is 5.69 Å². The zero-order chi connectivity index (χ0) is 17.4. The number of hydrogen-bond acceptors (Lipinski definition) is 5. The molecule has 4 rings (SSSR count). The molecule has 2 aromatic carbocycles. The van der Waals surface area contributed by atoms with Crippen molar-refractivity contribution in [1.82, 2.24) is 19.8 Å². The molecule has 128 valence electrons. The van der Waals surface area contributed by atoms with Gasteiger partial charge in [0.2, 0.25) is 0 Å². The summed E-state index contributed by atoms with van der Waals surface area (Å²) in [6, 6.07) is 10.6. The minimum atomic E-state index is -0.380. The summed E-state index contributed by atoms with van der Waals surface area (Å²) in [5, 5.41) is 8.30. The summed E-state index contributed by atoms with van der Waals surface area (Å²) < 4.78 is 14.4. The van der Waals surface area contributed by atoms with Gasteiger partial charge in [-0.3, -0.25) is 0 Å². The van der Waals surface area contributed by atoms with E-state index in [9.17, 15) is 4.79 Å². The van der Waals surface area contributed by atoms with Crippen molar-refractivity contribution in [2.24, 2.45) is 0 Å². The fourth-order valence-corrected chi connectivity index (χ4v) is 3.20. The van der Waals surface area contributed by atoms with E-state index in [-0.39, 0.29) is 12.2 Å². The topological polar surface area (TPSA) is 71.2 Å². The van der Waals surface area contributed by atoms with E-state index in [4.69, 9.17) is 21.1 Å². The van der Waals surface area contributed by atoms with Crippen LogP contribution in [0.5, 0.6) is 11.5 Å². The van der Waals surface area contributed by atoms with Crippen molar-refractivity contribution in [1.29, 1.82) is 0 Å². The van der Waals surface area contributed by atoms with Gasteiger partial charge in [0.15, 0.2) is 11.5 Å². The molecule has 0 unspecified atom stereocenters. The van der Waals surface area contributed by atoms with Crippen LogP contribution in [0, 0.1) is 0 Å². The molecule has 0 N–H and O–H groups in total. The zero-order valence-electron chi connectivity index (χ0n) is 12.9. The number of rotatable bonds is 3. The lowest BCUT2D eigenvalue weighted by atomic mass is 10.2. The van der Waals surface area contributed by atoms with E-state index < -0.39 is 0 Å². The molecule has 0 aliphatic carbocycles. The van der Waals surface area contributed by atoms with Crippen LogP contribution >= 0.6 is 27.5 Å². The summed E-state index contributed by atoms with van der Waals surface area (Å²) >= 11 is 9.62. The van der Waals surface area contributed by atoms with Crippen LogP contribution in [0.3, 0.4) is 0 Å². The maximum atomic E-state index is 12.6. The number of aromatic nitrogens is 4. The molecule has 3 aromatic rings. The van der Waals surface area contributed by atoms with Crippen LogP contribution in [0.15, 0.2) is 45.7 Å². The van der Waals surface area contributed by atoms with E-state index in [0.717, 1.165) is 10.0 Å². The third-order valence-electron chi connectivity index (χ3n) is 3.75. The monoisotopic (exact) mass is 422 g/mol. The Bertz CT molecular complexity index is 1000.